The van der Waals surface area contributed by atoms with Crippen molar-refractivity contribution in [3.8, 4) is 5.75 Å². The molecule has 104 valence electrons. The lowest BCUT2D eigenvalue weighted by molar-refractivity contribution is -0.118. The standard InChI is InChI=1S/C13H19N3O3/c1-3-11(12(14)16-18)13(17)15-9-5-7-10(8-6-9)19-4-2/h5-8,11,18H,3-4H2,1-2H3,(H2,14,16)(H,15,17). The Kier molecular flexibility index (Phi) is 5.66. The number of carbonyl (C=O) groups is 1. The molecule has 19 heavy (non-hydrogen) atoms. The van der Waals surface area contributed by atoms with Gasteiger partial charge in [-0.15, -0.1) is 0 Å². The fourth-order valence-electron chi connectivity index (χ4n) is 1.63. The summed E-state index contributed by atoms with van der Waals surface area (Å²) in [5, 5.41) is 14.2. The smallest absolute Gasteiger partial charge is 0.235 e. The van der Waals surface area contributed by atoms with Crippen LogP contribution in [0.1, 0.15) is 20.3 Å². The number of hydrogen-bond acceptors (Lipinski definition) is 4. The van der Waals surface area contributed by atoms with Crippen LogP contribution < -0.4 is 15.8 Å². The van der Waals surface area contributed by atoms with E-state index in [1.54, 1.807) is 31.2 Å². The van der Waals surface area contributed by atoms with Crippen LogP contribution in [0.5, 0.6) is 5.75 Å². The number of carbonyl (C=O) groups excluding carboxylic acids is 1. The van der Waals surface area contributed by atoms with E-state index < -0.39 is 5.92 Å². The van der Waals surface area contributed by atoms with Crippen molar-refractivity contribution < 1.29 is 14.7 Å². The molecule has 0 bridgehead atoms. The molecule has 0 saturated carbocycles. The van der Waals surface area contributed by atoms with Gasteiger partial charge < -0.3 is 21.0 Å². The summed E-state index contributed by atoms with van der Waals surface area (Å²) in [7, 11) is 0. The normalized spacial score (nSPS) is 12.8. The molecule has 4 N–H and O–H groups in total. The van der Waals surface area contributed by atoms with Crippen LogP contribution in [-0.2, 0) is 4.79 Å². The quantitative estimate of drug-likeness (QED) is 0.316. The number of amides is 1. The Bertz CT molecular complexity index is 443. The van der Waals surface area contributed by atoms with Crippen molar-refractivity contribution in [2.24, 2.45) is 16.8 Å². The third-order valence-electron chi connectivity index (χ3n) is 2.63. The molecule has 1 rings (SSSR count). The molecule has 0 aliphatic carbocycles. The Balaban J connectivity index is 2.70. The third kappa shape index (κ3) is 4.17. The van der Waals surface area contributed by atoms with Gasteiger partial charge >= 0.3 is 0 Å². The molecular weight excluding hydrogens is 246 g/mol. The molecule has 0 aliphatic rings. The van der Waals surface area contributed by atoms with Gasteiger partial charge in [0.2, 0.25) is 5.91 Å². The average molecular weight is 265 g/mol. The van der Waals surface area contributed by atoms with Crippen LogP contribution in [0.2, 0.25) is 0 Å². The van der Waals surface area contributed by atoms with Gasteiger partial charge in [-0.1, -0.05) is 12.1 Å². The Labute approximate surface area is 112 Å². The highest BCUT2D eigenvalue weighted by molar-refractivity contribution is 6.07. The molecule has 1 aromatic rings. The number of nitrogens with zero attached hydrogens (tertiary/aromatic N) is 1. The second kappa shape index (κ2) is 7.25. The Morgan fingerprint density at radius 2 is 2.05 bits per heavy atom. The monoisotopic (exact) mass is 265 g/mol. The number of benzene rings is 1. The number of hydrogen-bond donors (Lipinski definition) is 3. The molecule has 0 radical (unpaired) electrons. The van der Waals surface area contributed by atoms with Crippen molar-refractivity contribution in [2.45, 2.75) is 20.3 Å². The summed E-state index contributed by atoms with van der Waals surface area (Å²) >= 11 is 0. The summed E-state index contributed by atoms with van der Waals surface area (Å²) < 4.78 is 5.31. The number of nitrogens with one attached hydrogen (secondary N) is 1. The van der Waals surface area contributed by atoms with E-state index in [9.17, 15) is 4.79 Å². The summed E-state index contributed by atoms with van der Waals surface area (Å²) in [5.41, 5.74) is 6.10. The minimum Gasteiger partial charge on any atom is -0.494 e. The van der Waals surface area contributed by atoms with E-state index in [1.807, 2.05) is 6.92 Å². The molecule has 0 heterocycles. The van der Waals surface area contributed by atoms with E-state index in [0.717, 1.165) is 5.75 Å². The van der Waals surface area contributed by atoms with Crippen molar-refractivity contribution in [1.82, 2.24) is 0 Å². The lowest BCUT2D eigenvalue weighted by Gasteiger charge is -2.13. The van der Waals surface area contributed by atoms with Gasteiger partial charge in [-0.3, -0.25) is 4.79 Å². The largest absolute Gasteiger partial charge is 0.494 e. The minimum absolute atomic E-state index is 0.0917. The van der Waals surface area contributed by atoms with E-state index in [0.29, 0.717) is 18.7 Å². The molecule has 1 unspecified atom stereocenters. The lowest BCUT2D eigenvalue weighted by Crippen LogP contribution is -2.34. The van der Waals surface area contributed by atoms with E-state index >= 15 is 0 Å². The molecular formula is C13H19N3O3. The van der Waals surface area contributed by atoms with Gasteiger partial charge in [0.15, 0.2) is 5.84 Å². The van der Waals surface area contributed by atoms with Crippen molar-refractivity contribution in [3.05, 3.63) is 24.3 Å². The van der Waals surface area contributed by atoms with E-state index in [4.69, 9.17) is 15.7 Å². The van der Waals surface area contributed by atoms with Gasteiger partial charge in [0.25, 0.3) is 0 Å². The van der Waals surface area contributed by atoms with Crippen LogP contribution in [0.25, 0.3) is 0 Å². The van der Waals surface area contributed by atoms with Gasteiger partial charge in [-0.05, 0) is 37.6 Å². The topological polar surface area (TPSA) is 96.9 Å². The van der Waals surface area contributed by atoms with Crippen molar-refractivity contribution in [3.63, 3.8) is 0 Å². The fraction of sp³-hybridized carbons (Fsp3) is 0.385. The maximum absolute atomic E-state index is 11.9. The van der Waals surface area contributed by atoms with Crippen LogP contribution >= 0.6 is 0 Å². The zero-order chi connectivity index (χ0) is 14.3. The lowest BCUT2D eigenvalue weighted by atomic mass is 10.0. The predicted octanol–water partition coefficient (Wildman–Crippen LogP) is 1.80. The first-order chi connectivity index (χ1) is 9.12. The van der Waals surface area contributed by atoms with Crippen LogP contribution in [0.3, 0.4) is 0 Å². The number of nitrogens with two attached hydrogens (primary N) is 1. The SMILES string of the molecule is CCOc1ccc(NC(=O)C(CC)C(N)=NO)cc1. The van der Waals surface area contributed by atoms with Crippen molar-refractivity contribution in [2.75, 3.05) is 11.9 Å². The summed E-state index contributed by atoms with van der Waals surface area (Å²) in [6, 6.07) is 7.01. The number of anilines is 1. The fourth-order valence-corrected chi connectivity index (χ4v) is 1.63. The third-order valence-corrected chi connectivity index (χ3v) is 2.63. The Morgan fingerprint density at radius 3 is 2.53 bits per heavy atom. The minimum atomic E-state index is -0.642. The number of amidine groups is 1. The maximum atomic E-state index is 11.9. The average Bonchev–Trinajstić information content (AvgIpc) is 2.42. The number of ether oxygens (including phenoxy) is 1. The van der Waals surface area contributed by atoms with Gasteiger partial charge in [-0.25, -0.2) is 0 Å². The molecule has 1 amide bonds. The van der Waals surface area contributed by atoms with Gasteiger partial charge in [0.05, 0.1) is 12.5 Å². The van der Waals surface area contributed by atoms with Gasteiger partial charge in [-0.2, -0.15) is 0 Å². The second-order valence-electron chi connectivity index (χ2n) is 3.93. The van der Waals surface area contributed by atoms with Crippen molar-refractivity contribution >= 4 is 17.4 Å². The first-order valence-corrected chi connectivity index (χ1v) is 6.13. The molecule has 6 heteroatoms. The highest BCUT2D eigenvalue weighted by Gasteiger charge is 2.21. The molecule has 0 spiro atoms. The number of oxime groups is 1. The Hall–Kier alpha value is -2.24. The number of rotatable bonds is 6. The molecule has 0 aromatic heterocycles. The zero-order valence-corrected chi connectivity index (χ0v) is 11.1. The van der Waals surface area contributed by atoms with E-state index in [1.165, 1.54) is 0 Å². The molecule has 0 fully saturated rings. The molecule has 0 saturated heterocycles. The Morgan fingerprint density at radius 1 is 1.42 bits per heavy atom. The summed E-state index contributed by atoms with van der Waals surface area (Å²) in [4.78, 5) is 11.9. The molecule has 1 atom stereocenters. The first kappa shape index (κ1) is 14.8. The highest BCUT2D eigenvalue weighted by atomic mass is 16.5. The van der Waals surface area contributed by atoms with Crippen LogP contribution in [0.4, 0.5) is 5.69 Å². The summed E-state index contributed by atoms with van der Waals surface area (Å²) in [6.45, 7) is 4.28. The van der Waals surface area contributed by atoms with Crippen LogP contribution in [-0.4, -0.2) is 23.6 Å². The summed E-state index contributed by atoms with van der Waals surface area (Å²) in [5.74, 6) is -0.298. The molecule has 0 aliphatic heterocycles. The summed E-state index contributed by atoms with van der Waals surface area (Å²) in [6.07, 6.45) is 0.457. The van der Waals surface area contributed by atoms with Crippen LogP contribution in [0.15, 0.2) is 29.4 Å². The maximum Gasteiger partial charge on any atom is 0.235 e. The second-order valence-corrected chi connectivity index (χ2v) is 3.93. The first-order valence-electron chi connectivity index (χ1n) is 6.13. The van der Waals surface area contributed by atoms with E-state index in [-0.39, 0.29) is 11.7 Å². The predicted molar refractivity (Wildman–Crippen MR) is 73.4 cm³/mol. The van der Waals surface area contributed by atoms with Crippen LogP contribution in [0, 0.1) is 5.92 Å². The van der Waals surface area contributed by atoms with Gasteiger partial charge in [0, 0.05) is 5.69 Å². The van der Waals surface area contributed by atoms with Gasteiger partial charge in [0.1, 0.15) is 5.75 Å². The molecule has 6 nitrogen and oxygen atoms in total. The van der Waals surface area contributed by atoms with Crippen molar-refractivity contribution in [1.29, 1.82) is 0 Å². The zero-order valence-electron chi connectivity index (χ0n) is 11.1. The van der Waals surface area contributed by atoms with E-state index in [2.05, 4.69) is 10.5 Å². The highest BCUT2D eigenvalue weighted by Crippen LogP contribution is 2.17. The molecule has 1 aromatic carbocycles.